The van der Waals surface area contributed by atoms with Gasteiger partial charge in [-0.2, -0.15) is 0 Å². The van der Waals surface area contributed by atoms with Gasteiger partial charge in [-0.3, -0.25) is 16.0 Å². The molecule has 4 unspecified atom stereocenters. The minimum absolute atomic E-state index is 0.134. The maximum absolute atomic E-state index is 12.6. The smallest absolute Gasteiger partial charge is 0.319 e. The van der Waals surface area contributed by atoms with Crippen molar-refractivity contribution in [1.82, 2.24) is 36.1 Å². The number of fused-ring (bicyclic) bond motifs is 1. The van der Waals surface area contributed by atoms with Gasteiger partial charge in [-0.25, -0.2) is 9.78 Å². The number of likely N-dealkylation sites (N-methyl/N-ethyl adjacent to an activating group) is 1. The van der Waals surface area contributed by atoms with Crippen LogP contribution in [0, 0.1) is 0 Å². The number of nitrogens with zero attached hydrogens (tertiary/aromatic N) is 3. The number of carbonyl (C=O) groups excluding carboxylic acids is 1. The normalized spacial score (nSPS) is 26.5. The minimum atomic E-state index is -0.333. The van der Waals surface area contributed by atoms with Gasteiger partial charge in [0.15, 0.2) is 0 Å². The molecule has 4 atom stereocenters. The lowest BCUT2D eigenvalue weighted by molar-refractivity contribution is 0.115. The van der Waals surface area contributed by atoms with Crippen molar-refractivity contribution < 1.29 is 9.53 Å². The summed E-state index contributed by atoms with van der Waals surface area (Å²) in [5.41, 5.74) is 7.19. The zero-order valence-electron chi connectivity index (χ0n) is 17.5. The number of unbranched alkanes of at least 4 members (excludes halogenated alkanes) is 1. The lowest BCUT2D eigenvalue weighted by atomic mass is 10.1. The van der Waals surface area contributed by atoms with Crippen LogP contribution in [0.5, 0.6) is 5.88 Å². The second-order valence-corrected chi connectivity index (χ2v) is 7.80. The molecule has 0 spiro atoms. The average Bonchev–Trinajstić information content (AvgIpc) is 2.99. The van der Waals surface area contributed by atoms with Crippen LogP contribution in [0.1, 0.15) is 25.3 Å². The molecule has 0 aromatic carbocycles. The summed E-state index contributed by atoms with van der Waals surface area (Å²) in [4.78, 5) is 20.7. The summed E-state index contributed by atoms with van der Waals surface area (Å²) in [7, 11) is 4.00. The fourth-order valence-electron chi connectivity index (χ4n) is 3.45. The maximum atomic E-state index is 12.6. The van der Waals surface area contributed by atoms with Crippen LogP contribution in [0.15, 0.2) is 18.3 Å². The number of hydrogen-bond donors (Lipinski definition) is 5. The summed E-state index contributed by atoms with van der Waals surface area (Å²) < 4.78 is 5.63. The summed E-state index contributed by atoms with van der Waals surface area (Å²) >= 11 is 0. The Morgan fingerprint density at radius 3 is 2.86 bits per heavy atom. The van der Waals surface area contributed by atoms with Gasteiger partial charge in [-0.15, -0.1) is 0 Å². The standard InChI is InChI=1S/C19H34N8O2/c1-4-5-8-21-18-24-16(20)15-17(25-18)27(19(28)23-15)12-13-6-7-14(22-11-13)29-10-9-26(2)3/h6-7,11,15-18,21,24-25H,4-5,8-10,12,20H2,1-3H3,(H,23,28). The molecule has 2 saturated heterocycles. The van der Waals surface area contributed by atoms with E-state index in [2.05, 4.69) is 38.1 Å². The van der Waals surface area contributed by atoms with E-state index in [0.717, 1.165) is 31.5 Å². The van der Waals surface area contributed by atoms with Crippen molar-refractivity contribution in [2.24, 2.45) is 5.73 Å². The van der Waals surface area contributed by atoms with E-state index >= 15 is 0 Å². The minimum Gasteiger partial charge on any atom is -0.476 e. The molecule has 1 aromatic heterocycles. The van der Waals surface area contributed by atoms with Crippen molar-refractivity contribution in [3.63, 3.8) is 0 Å². The van der Waals surface area contributed by atoms with Crippen LogP contribution in [0.2, 0.25) is 0 Å². The van der Waals surface area contributed by atoms with Crippen LogP contribution in [0.4, 0.5) is 4.79 Å². The van der Waals surface area contributed by atoms with Crippen LogP contribution in [-0.4, -0.2) is 79.3 Å². The van der Waals surface area contributed by atoms with Gasteiger partial charge < -0.3 is 25.6 Å². The van der Waals surface area contributed by atoms with Crippen LogP contribution in [-0.2, 0) is 6.54 Å². The number of aromatic nitrogens is 1. The highest BCUT2D eigenvalue weighted by Crippen LogP contribution is 2.20. The zero-order valence-corrected chi connectivity index (χ0v) is 17.5. The van der Waals surface area contributed by atoms with Crippen LogP contribution >= 0.6 is 0 Å². The van der Waals surface area contributed by atoms with Gasteiger partial charge in [0.2, 0.25) is 5.88 Å². The van der Waals surface area contributed by atoms with E-state index in [0.29, 0.717) is 19.0 Å². The summed E-state index contributed by atoms with van der Waals surface area (Å²) in [5.74, 6) is 0.585. The van der Waals surface area contributed by atoms with E-state index in [1.807, 2.05) is 26.2 Å². The van der Waals surface area contributed by atoms with E-state index in [1.54, 1.807) is 11.1 Å². The Bertz CT molecular complexity index is 656. The van der Waals surface area contributed by atoms with Crippen LogP contribution in [0.25, 0.3) is 0 Å². The van der Waals surface area contributed by atoms with Gasteiger partial charge in [0, 0.05) is 18.8 Å². The van der Waals surface area contributed by atoms with E-state index in [1.165, 1.54) is 0 Å². The monoisotopic (exact) mass is 406 g/mol. The topological polar surface area (TPSA) is 120 Å². The first kappa shape index (κ1) is 21.7. The Morgan fingerprint density at radius 1 is 1.34 bits per heavy atom. The number of ether oxygens (including phenoxy) is 1. The van der Waals surface area contributed by atoms with Crippen molar-refractivity contribution in [1.29, 1.82) is 0 Å². The molecule has 6 N–H and O–H groups in total. The summed E-state index contributed by atoms with van der Waals surface area (Å²) in [6, 6.07) is 3.45. The highest BCUT2D eigenvalue weighted by molar-refractivity contribution is 5.77. The summed E-state index contributed by atoms with van der Waals surface area (Å²) in [6.07, 6.45) is 3.28. The predicted octanol–water partition coefficient (Wildman–Crippen LogP) is -0.607. The Kier molecular flexibility index (Phi) is 7.62. The van der Waals surface area contributed by atoms with Gasteiger partial charge in [-0.1, -0.05) is 19.4 Å². The molecule has 3 heterocycles. The third-order valence-electron chi connectivity index (χ3n) is 5.13. The molecule has 10 heteroatoms. The number of hydrogen-bond acceptors (Lipinski definition) is 8. The van der Waals surface area contributed by atoms with Gasteiger partial charge in [-0.05, 0) is 32.6 Å². The number of nitrogens with one attached hydrogen (secondary N) is 4. The van der Waals surface area contributed by atoms with E-state index in [4.69, 9.17) is 10.5 Å². The Labute approximate surface area is 172 Å². The Balaban J connectivity index is 1.58. The molecule has 1 aromatic rings. The molecular weight excluding hydrogens is 372 g/mol. The second kappa shape index (κ2) is 10.2. The fraction of sp³-hybridized carbons (Fsp3) is 0.684. The average molecular weight is 407 g/mol. The van der Waals surface area contributed by atoms with Crippen molar-refractivity contribution in [3.8, 4) is 5.88 Å². The molecule has 29 heavy (non-hydrogen) atoms. The highest BCUT2D eigenvalue weighted by atomic mass is 16.5. The van der Waals surface area contributed by atoms with Crippen molar-refractivity contribution in [2.45, 2.75) is 51.0 Å². The molecule has 10 nitrogen and oxygen atoms in total. The third kappa shape index (κ3) is 5.77. The quantitative estimate of drug-likeness (QED) is 0.327. The SMILES string of the molecule is CCCCNC1NC(N)C2NC(=O)N(Cc3ccc(OCCN(C)C)nc3)C2N1. The molecule has 0 aliphatic carbocycles. The lowest BCUT2D eigenvalue weighted by Crippen LogP contribution is -2.74. The first-order valence-corrected chi connectivity index (χ1v) is 10.3. The molecule has 0 saturated carbocycles. The molecule has 2 amide bonds. The van der Waals surface area contributed by atoms with Crippen LogP contribution < -0.4 is 31.7 Å². The number of nitrogens with two attached hydrogens (primary N) is 1. The predicted molar refractivity (Wildman–Crippen MR) is 111 cm³/mol. The number of rotatable bonds is 10. The van der Waals surface area contributed by atoms with Crippen molar-refractivity contribution in [3.05, 3.63) is 23.9 Å². The molecule has 0 bridgehead atoms. The van der Waals surface area contributed by atoms with Crippen molar-refractivity contribution in [2.75, 3.05) is 33.8 Å². The molecule has 2 aliphatic rings. The molecule has 0 radical (unpaired) electrons. The fourth-order valence-corrected chi connectivity index (χ4v) is 3.45. The number of pyridine rings is 1. The first-order chi connectivity index (χ1) is 14.0. The van der Waals surface area contributed by atoms with E-state index in [-0.39, 0.29) is 30.7 Å². The summed E-state index contributed by atoms with van der Waals surface area (Å²) in [5, 5.41) is 13.1. The molecular formula is C19H34N8O2. The molecule has 2 fully saturated rings. The third-order valence-corrected chi connectivity index (χ3v) is 5.13. The Hall–Kier alpha value is -1.98. The molecule has 3 rings (SSSR count). The van der Waals surface area contributed by atoms with Gasteiger partial charge in [0.1, 0.15) is 19.1 Å². The Morgan fingerprint density at radius 2 is 2.17 bits per heavy atom. The maximum Gasteiger partial charge on any atom is 0.319 e. The number of amides is 2. The molecule has 2 aliphatic heterocycles. The largest absolute Gasteiger partial charge is 0.476 e. The summed E-state index contributed by atoms with van der Waals surface area (Å²) in [6.45, 7) is 4.89. The lowest BCUT2D eigenvalue weighted by Gasteiger charge is -2.40. The second-order valence-electron chi connectivity index (χ2n) is 7.80. The van der Waals surface area contributed by atoms with E-state index in [9.17, 15) is 4.79 Å². The number of carbonyl (C=O) groups is 1. The first-order valence-electron chi connectivity index (χ1n) is 10.3. The zero-order chi connectivity index (χ0) is 20.8. The highest BCUT2D eigenvalue weighted by Gasteiger charge is 2.46. The number of urea groups is 1. The molecule has 162 valence electrons. The van der Waals surface area contributed by atoms with Crippen molar-refractivity contribution >= 4 is 6.03 Å². The van der Waals surface area contributed by atoms with Gasteiger partial charge >= 0.3 is 6.03 Å². The van der Waals surface area contributed by atoms with Gasteiger partial charge in [0.05, 0.1) is 18.8 Å². The van der Waals surface area contributed by atoms with Gasteiger partial charge in [0.25, 0.3) is 0 Å². The van der Waals surface area contributed by atoms with E-state index < -0.39 is 0 Å². The van der Waals surface area contributed by atoms with Crippen LogP contribution in [0.3, 0.4) is 0 Å².